The molecule has 0 aliphatic carbocycles. The van der Waals surface area contributed by atoms with Gasteiger partial charge in [-0.1, -0.05) is 178 Å². The van der Waals surface area contributed by atoms with Crippen LogP contribution < -0.4 is 27.4 Å². The van der Waals surface area contributed by atoms with Crippen molar-refractivity contribution < 1.29 is 27.4 Å². The number of nitrogens with zero attached hydrogens (tertiary/aromatic N) is 12. The Hall–Kier alpha value is -13.3. The van der Waals surface area contributed by atoms with Crippen LogP contribution in [-0.4, -0.2) is 29.9 Å². The molecule has 18 rings (SSSR count). The maximum absolute atomic E-state index is 4.86. The van der Waals surface area contributed by atoms with E-state index in [1.165, 1.54) is 161 Å². The molecule has 0 atom stereocenters. The lowest BCUT2D eigenvalue weighted by Crippen LogP contribution is -2.30. The Kier molecular flexibility index (Phi) is 28.9. The summed E-state index contributed by atoms with van der Waals surface area (Å²) in [6.45, 7) is 35.1. The van der Waals surface area contributed by atoms with Crippen molar-refractivity contribution in [3.05, 3.63) is 360 Å². The van der Waals surface area contributed by atoms with Crippen molar-refractivity contribution in [1.29, 1.82) is 0 Å². The fourth-order valence-electron chi connectivity index (χ4n) is 16.7. The molecule has 12 nitrogen and oxygen atoms in total. The highest BCUT2D eigenvalue weighted by Crippen LogP contribution is 2.36. The first-order valence-electron chi connectivity index (χ1n) is 44.1. The molecule has 0 spiro atoms. The van der Waals surface area contributed by atoms with E-state index in [2.05, 4.69) is 468 Å². The van der Waals surface area contributed by atoms with Gasteiger partial charge in [0.05, 0.1) is 54.4 Å². The lowest BCUT2D eigenvalue weighted by atomic mass is 9.98. The SMILES string of the molecule is Cc1ccccc1-c1c2cc(C(C)C)cnc2cc[n+]1C.Cc1ccccc1-c1c2cc(C(C)C)ncc2cc[n+]1C.Cc1ccccc1-c1c2cc(CC(C)C)cnc2cc[n+]1C.Cc1ccccc1-c1c2ccc(C(C)C)nc2cc[n+]1C.Cc1ccccc1-c1c2ccc(CC(C)C)nc2cc[n+]1C.Cc1ccccc1-c1c2ccncc2cc[n+]1C. The van der Waals surface area contributed by atoms with E-state index in [1.807, 2.05) is 31.0 Å². The average Bonchev–Trinajstić information content (AvgIpc) is 0.815. The van der Waals surface area contributed by atoms with Crippen molar-refractivity contribution >= 4 is 65.2 Å². The van der Waals surface area contributed by atoms with Crippen LogP contribution in [0, 0.1) is 53.4 Å². The Bertz CT molecular complexity index is 6760. The van der Waals surface area contributed by atoms with E-state index in [4.69, 9.17) is 9.97 Å². The smallest absolute Gasteiger partial charge is 0.222 e. The van der Waals surface area contributed by atoms with E-state index in [1.54, 1.807) is 0 Å². The van der Waals surface area contributed by atoms with Crippen LogP contribution in [0.1, 0.15) is 149 Å². The highest BCUT2D eigenvalue weighted by atomic mass is 15.0. The standard InChI is InChI=1S/2C20H23N2.3C19H21N2.C16H15N2/c1-14(2)11-16-12-18-19(21-13-16)9-10-22(4)20(18)17-8-6-5-7-15(17)3;1-14(2)13-16-9-10-18-19(21-16)11-12-22(4)20(18)17-8-6-5-7-15(17)3;1-13(2)15-11-17-18(20-12-15)9-10-21(4)19(17)16-8-6-5-7-14(16)3;1-13(2)18-11-17-15(12-20-18)9-10-21(4)19(17)16-8-6-5-7-14(16)3;1-13(2)17-10-9-16-18(20-17)11-12-21(4)19(16)15-8-6-5-7-14(15)3;1-12-5-3-4-6-14(12)16-15-7-9-17-11-13(15)8-10-18(16)2/h5-10,12-14H,11H2,1-4H3;5-12,14H,13H2,1-4H3;3*5-13H,1-4H3;3-11H,1-2H3/q6*+1. The summed E-state index contributed by atoms with van der Waals surface area (Å²) in [4.78, 5) is 27.8. The Morgan fingerprint density at radius 2 is 0.616 bits per heavy atom. The van der Waals surface area contributed by atoms with Crippen molar-refractivity contribution in [2.75, 3.05) is 0 Å². The first-order chi connectivity index (χ1) is 60.1. The summed E-state index contributed by atoms with van der Waals surface area (Å²) in [5.41, 5.74) is 33.1. The average molecular weight is 1650 g/mol. The Morgan fingerprint density at radius 1 is 0.264 bits per heavy atom. The van der Waals surface area contributed by atoms with Gasteiger partial charge in [0, 0.05) is 129 Å². The lowest BCUT2D eigenvalue weighted by molar-refractivity contribution is -0.659. The van der Waals surface area contributed by atoms with Gasteiger partial charge in [0.1, 0.15) is 42.3 Å². The number of rotatable bonds is 13. The van der Waals surface area contributed by atoms with Crippen LogP contribution in [-0.2, 0) is 55.1 Å². The summed E-state index contributed by atoms with van der Waals surface area (Å²) >= 11 is 0. The van der Waals surface area contributed by atoms with Crippen LogP contribution in [0.5, 0.6) is 0 Å². The minimum absolute atomic E-state index is 0.435. The fraction of sp³-hybridized carbons (Fsp3) is 0.257. The third kappa shape index (κ3) is 20.8. The topological polar surface area (TPSA) is 101 Å². The molecule has 6 aromatic carbocycles. The van der Waals surface area contributed by atoms with E-state index >= 15 is 0 Å². The largest absolute Gasteiger partial charge is 0.264 e. The molecule has 0 aliphatic rings. The molecule has 0 aliphatic heterocycles. The third-order valence-electron chi connectivity index (χ3n) is 23.6. The molecule has 0 fully saturated rings. The minimum Gasteiger partial charge on any atom is -0.264 e. The Balaban J connectivity index is 0.000000129. The van der Waals surface area contributed by atoms with Gasteiger partial charge < -0.3 is 0 Å². The number of aryl methyl sites for hydroxylation is 12. The molecule has 12 heteroatoms. The van der Waals surface area contributed by atoms with Gasteiger partial charge in [-0.05, 0) is 213 Å². The van der Waals surface area contributed by atoms with Crippen LogP contribution in [0.25, 0.3) is 133 Å². The maximum Gasteiger partial charge on any atom is 0.222 e. The monoisotopic (exact) mass is 1650 g/mol. The first kappa shape index (κ1) is 89.4. The van der Waals surface area contributed by atoms with Crippen molar-refractivity contribution in [3.63, 3.8) is 0 Å². The van der Waals surface area contributed by atoms with Crippen LogP contribution in [0.3, 0.4) is 0 Å². The highest BCUT2D eigenvalue weighted by molar-refractivity contribution is 5.97. The van der Waals surface area contributed by atoms with E-state index in [-0.39, 0.29) is 0 Å². The molecule has 125 heavy (non-hydrogen) atoms. The first-order valence-corrected chi connectivity index (χ1v) is 44.1. The van der Waals surface area contributed by atoms with E-state index in [0.29, 0.717) is 29.6 Å². The fourth-order valence-corrected chi connectivity index (χ4v) is 16.7. The van der Waals surface area contributed by atoms with Gasteiger partial charge in [0.15, 0.2) is 37.2 Å². The third-order valence-corrected chi connectivity index (χ3v) is 23.6. The highest BCUT2D eigenvalue weighted by Gasteiger charge is 2.25. The Morgan fingerprint density at radius 3 is 1.02 bits per heavy atom. The molecular weight excluding hydrogens is 1530 g/mol. The molecule has 0 saturated carbocycles. The molecule has 12 heterocycles. The predicted molar refractivity (Wildman–Crippen MR) is 518 cm³/mol. The molecular formula is C113H124N12+6. The predicted octanol–water partition coefficient (Wildman–Crippen LogP) is 24.0. The summed E-state index contributed by atoms with van der Waals surface area (Å²) in [5.74, 6) is 2.63. The zero-order valence-electron chi connectivity index (χ0n) is 77.5. The van der Waals surface area contributed by atoms with E-state index in [0.717, 1.165) is 46.3 Å². The number of hydrogen-bond donors (Lipinski definition) is 0. The van der Waals surface area contributed by atoms with Gasteiger partial charge in [-0.25, -0.2) is 27.4 Å². The summed E-state index contributed by atoms with van der Waals surface area (Å²) in [6.07, 6.45) is 24.5. The second-order valence-corrected chi connectivity index (χ2v) is 35.2. The number of aromatic nitrogens is 12. The minimum atomic E-state index is 0.435. The van der Waals surface area contributed by atoms with Crippen LogP contribution in [0.4, 0.5) is 0 Å². The van der Waals surface area contributed by atoms with Crippen LogP contribution in [0.2, 0.25) is 0 Å². The van der Waals surface area contributed by atoms with Gasteiger partial charge >= 0.3 is 0 Å². The van der Waals surface area contributed by atoms with Crippen LogP contribution in [0.15, 0.2) is 299 Å². The van der Waals surface area contributed by atoms with Gasteiger partial charge in [-0.3, -0.25) is 29.9 Å². The second-order valence-electron chi connectivity index (χ2n) is 35.2. The number of hydrogen-bond acceptors (Lipinski definition) is 6. The molecule has 0 N–H and O–H groups in total. The number of fused-ring (bicyclic) bond motifs is 6. The molecule has 0 radical (unpaired) electrons. The van der Waals surface area contributed by atoms with E-state index in [9.17, 15) is 0 Å². The van der Waals surface area contributed by atoms with Crippen molar-refractivity contribution in [1.82, 2.24) is 29.9 Å². The second kappa shape index (κ2) is 40.3. The van der Waals surface area contributed by atoms with Crippen molar-refractivity contribution in [2.45, 2.75) is 141 Å². The Labute approximate surface area is 741 Å². The molecule has 0 unspecified atom stereocenters. The zero-order valence-corrected chi connectivity index (χ0v) is 77.5. The number of benzene rings is 6. The van der Waals surface area contributed by atoms with Gasteiger partial charge in [-0.15, -0.1) is 0 Å². The molecule has 18 aromatic rings. The van der Waals surface area contributed by atoms with Crippen molar-refractivity contribution in [3.8, 4) is 67.5 Å². The molecule has 0 amide bonds. The van der Waals surface area contributed by atoms with Gasteiger partial charge in [-0.2, -0.15) is 0 Å². The number of pyridine rings is 12. The maximum atomic E-state index is 4.86. The van der Waals surface area contributed by atoms with E-state index < -0.39 is 0 Å². The molecule has 0 saturated heterocycles. The van der Waals surface area contributed by atoms with Gasteiger partial charge in [0.25, 0.3) is 0 Å². The van der Waals surface area contributed by atoms with Crippen LogP contribution >= 0.6 is 0 Å². The lowest BCUT2D eigenvalue weighted by Gasteiger charge is -2.10. The molecule has 12 aromatic heterocycles. The van der Waals surface area contributed by atoms with Crippen molar-refractivity contribution in [2.24, 2.45) is 54.1 Å². The zero-order chi connectivity index (χ0) is 88.9. The molecule has 0 bridgehead atoms. The summed E-state index contributed by atoms with van der Waals surface area (Å²) in [7, 11) is 12.6. The normalized spacial score (nSPS) is 11.2. The molecule has 630 valence electrons. The quantitative estimate of drug-likeness (QED) is 0.107. The summed E-state index contributed by atoms with van der Waals surface area (Å²) in [5, 5.41) is 9.75. The van der Waals surface area contributed by atoms with Gasteiger partial charge in [0.2, 0.25) is 34.2 Å². The summed E-state index contributed by atoms with van der Waals surface area (Å²) < 4.78 is 13.1. The summed E-state index contributed by atoms with van der Waals surface area (Å²) in [6, 6.07) is 81.5.